The highest BCUT2D eigenvalue weighted by molar-refractivity contribution is 6.09. The van der Waals surface area contributed by atoms with Crippen molar-refractivity contribution in [2.75, 3.05) is 5.73 Å². The lowest BCUT2D eigenvalue weighted by Crippen LogP contribution is -2.09. The maximum absolute atomic E-state index is 13.2. The van der Waals surface area contributed by atoms with E-state index in [4.69, 9.17) is 20.4 Å². The molecular formula is C26H22N4O2. The second kappa shape index (κ2) is 7.81. The number of carbonyl (C=O) groups excluding carboxylic acids is 1. The number of ether oxygens (including phenoxy) is 1. The number of nitrogens with zero attached hydrogens (tertiary/aromatic N) is 3. The number of fused-ring (bicyclic) bond motifs is 2. The van der Waals surface area contributed by atoms with Gasteiger partial charge in [0.25, 0.3) is 0 Å². The van der Waals surface area contributed by atoms with Crippen molar-refractivity contribution < 1.29 is 9.53 Å². The van der Waals surface area contributed by atoms with Crippen molar-refractivity contribution in [1.29, 1.82) is 0 Å². The third kappa shape index (κ3) is 3.36. The first kappa shape index (κ1) is 19.8. The van der Waals surface area contributed by atoms with Gasteiger partial charge in [-0.3, -0.25) is 4.57 Å². The molecule has 0 bridgehead atoms. The number of rotatable bonds is 4. The number of carbonyl (C=O) groups is 1. The third-order valence-corrected chi connectivity index (χ3v) is 5.66. The highest BCUT2D eigenvalue weighted by atomic mass is 16.5. The number of nitrogen functional groups attached to an aromatic ring is 1. The number of hydrogen-bond donors (Lipinski definition) is 1. The van der Waals surface area contributed by atoms with Crippen LogP contribution in [0, 0.1) is 13.8 Å². The lowest BCUT2D eigenvalue weighted by atomic mass is 10.1. The standard InChI is InChI=1S/C26H22N4O2/c1-16-12-13-19(14-17(16)2)30-24(27)22(26(31)32-15-18-8-4-3-5-9-18)23-25(30)29-21-11-7-6-10-20(21)28-23/h3-14H,15,27H2,1-2H3. The molecule has 0 aliphatic rings. The molecule has 0 spiro atoms. The average Bonchev–Trinajstić information content (AvgIpc) is 3.09. The van der Waals surface area contributed by atoms with E-state index >= 15 is 0 Å². The number of hydrogen-bond acceptors (Lipinski definition) is 5. The molecule has 6 heteroatoms. The van der Waals surface area contributed by atoms with Crippen molar-refractivity contribution in [3.05, 3.63) is 95.1 Å². The first-order valence-electron chi connectivity index (χ1n) is 10.4. The van der Waals surface area contributed by atoms with Gasteiger partial charge < -0.3 is 10.5 Å². The molecule has 0 saturated carbocycles. The Morgan fingerprint density at radius 2 is 1.59 bits per heavy atom. The molecule has 158 valence electrons. The minimum atomic E-state index is -0.525. The molecule has 2 N–H and O–H groups in total. The van der Waals surface area contributed by atoms with Crippen molar-refractivity contribution in [2.45, 2.75) is 20.5 Å². The molecule has 0 aliphatic heterocycles. The van der Waals surface area contributed by atoms with Crippen LogP contribution < -0.4 is 5.73 Å². The fourth-order valence-corrected chi connectivity index (χ4v) is 3.78. The molecule has 2 heterocycles. The van der Waals surface area contributed by atoms with Crippen molar-refractivity contribution in [3.8, 4) is 5.69 Å². The predicted molar refractivity (Wildman–Crippen MR) is 126 cm³/mol. The molecule has 0 atom stereocenters. The van der Waals surface area contributed by atoms with Crippen LogP contribution in [0.3, 0.4) is 0 Å². The normalized spacial score (nSPS) is 11.2. The molecule has 5 aromatic rings. The van der Waals surface area contributed by atoms with Crippen LogP contribution in [-0.4, -0.2) is 20.5 Å². The topological polar surface area (TPSA) is 83.0 Å². The lowest BCUT2D eigenvalue weighted by Gasteiger charge is -2.10. The molecule has 0 radical (unpaired) electrons. The van der Waals surface area contributed by atoms with Gasteiger partial charge in [-0.15, -0.1) is 0 Å². The SMILES string of the molecule is Cc1ccc(-n2c(N)c(C(=O)OCc3ccccc3)c3nc4ccccc4nc32)cc1C. The Kier molecular flexibility index (Phi) is 4.82. The van der Waals surface area contributed by atoms with Gasteiger partial charge in [-0.1, -0.05) is 48.5 Å². The molecule has 6 nitrogen and oxygen atoms in total. The predicted octanol–water partition coefficient (Wildman–Crippen LogP) is 5.13. The van der Waals surface area contributed by atoms with Gasteiger partial charge in [0.05, 0.1) is 11.0 Å². The van der Waals surface area contributed by atoms with Gasteiger partial charge in [0.1, 0.15) is 23.5 Å². The highest BCUT2D eigenvalue weighted by Crippen LogP contribution is 2.32. The maximum atomic E-state index is 13.2. The van der Waals surface area contributed by atoms with E-state index in [1.54, 1.807) is 4.57 Å². The molecule has 0 fully saturated rings. The number of aryl methyl sites for hydroxylation is 2. The molecule has 5 rings (SSSR count). The summed E-state index contributed by atoms with van der Waals surface area (Å²) in [6.07, 6.45) is 0. The fraction of sp³-hybridized carbons (Fsp3) is 0.115. The van der Waals surface area contributed by atoms with E-state index in [-0.39, 0.29) is 18.0 Å². The Bertz CT molecular complexity index is 1470. The summed E-state index contributed by atoms with van der Waals surface area (Å²) in [5.41, 5.74) is 13.2. The van der Waals surface area contributed by atoms with Crippen molar-refractivity contribution in [2.24, 2.45) is 0 Å². The molecule has 0 aliphatic carbocycles. The minimum Gasteiger partial charge on any atom is -0.457 e. The van der Waals surface area contributed by atoms with E-state index in [1.165, 1.54) is 5.56 Å². The zero-order valence-electron chi connectivity index (χ0n) is 17.9. The van der Waals surface area contributed by atoms with E-state index in [0.29, 0.717) is 16.7 Å². The Hall–Kier alpha value is -4.19. The average molecular weight is 422 g/mol. The van der Waals surface area contributed by atoms with Gasteiger partial charge in [0.2, 0.25) is 0 Å². The van der Waals surface area contributed by atoms with Gasteiger partial charge in [-0.25, -0.2) is 14.8 Å². The Morgan fingerprint density at radius 1 is 0.906 bits per heavy atom. The van der Waals surface area contributed by atoms with Gasteiger partial charge in [0.15, 0.2) is 5.65 Å². The van der Waals surface area contributed by atoms with Crippen molar-refractivity contribution in [3.63, 3.8) is 0 Å². The van der Waals surface area contributed by atoms with E-state index in [2.05, 4.69) is 6.92 Å². The monoisotopic (exact) mass is 422 g/mol. The second-order valence-corrected chi connectivity index (χ2v) is 7.81. The van der Waals surface area contributed by atoms with Gasteiger partial charge in [-0.2, -0.15) is 0 Å². The van der Waals surface area contributed by atoms with Gasteiger partial charge >= 0.3 is 5.97 Å². The van der Waals surface area contributed by atoms with Crippen LogP contribution in [0.15, 0.2) is 72.8 Å². The van der Waals surface area contributed by atoms with Crippen molar-refractivity contribution >= 4 is 34.0 Å². The zero-order valence-corrected chi connectivity index (χ0v) is 17.9. The quantitative estimate of drug-likeness (QED) is 0.406. The summed E-state index contributed by atoms with van der Waals surface area (Å²) in [5, 5.41) is 0. The molecule has 3 aromatic carbocycles. The summed E-state index contributed by atoms with van der Waals surface area (Å²) >= 11 is 0. The Balaban J connectivity index is 1.69. The molecule has 0 saturated heterocycles. The summed E-state index contributed by atoms with van der Waals surface area (Å²) in [6, 6.07) is 23.1. The summed E-state index contributed by atoms with van der Waals surface area (Å²) in [5.74, 6) is -0.264. The van der Waals surface area contributed by atoms with Crippen LogP contribution in [0.1, 0.15) is 27.0 Å². The smallest absolute Gasteiger partial charge is 0.344 e. The van der Waals surface area contributed by atoms with Crippen LogP contribution in [0.25, 0.3) is 27.9 Å². The van der Waals surface area contributed by atoms with Crippen LogP contribution in [0.4, 0.5) is 5.82 Å². The maximum Gasteiger partial charge on any atom is 0.344 e. The Morgan fingerprint density at radius 3 is 2.31 bits per heavy atom. The minimum absolute atomic E-state index is 0.149. The number of para-hydroxylation sites is 2. The largest absolute Gasteiger partial charge is 0.457 e. The number of aromatic nitrogens is 3. The van der Waals surface area contributed by atoms with E-state index in [9.17, 15) is 4.79 Å². The summed E-state index contributed by atoms with van der Waals surface area (Å²) in [6.45, 7) is 4.24. The van der Waals surface area contributed by atoms with Gasteiger partial charge in [-0.05, 0) is 54.8 Å². The van der Waals surface area contributed by atoms with Crippen LogP contribution in [0.2, 0.25) is 0 Å². The molecular weight excluding hydrogens is 400 g/mol. The molecule has 0 unspecified atom stereocenters. The first-order chi connectivity index (χ1) is 15.5. The number of benzene rings is 3. The van der Waals surface area contributed by atoms with Crippen molar-refractivity contribution in [1.82, 2.24) is 14.5 Å². The zero-order chi connectivity index (χ0) is 22.2. The summed E-state index contributed by atoms with van der Waals surface area (Å²) in [7, 11) is 0. The lowest BCUT2D eigenvalue weighted by molar-refractivity contribution is 0.0476. The summed E-state index contributed by atoms with van der Waals surface area (Å²) < 4.78 is 7.39. The van der Waals surface area contributed by atoms with Crippen LogP contribution in [-0.2, 0) is 11.3 Å². The number of nitrogens with two attached hydrogens (primary N) is 1. The van der Waals surface area contributed by atoms with Gasteiger partial charge in [0, 0.05) is 5.69 Å². The third-order valence-electron chi connectivity index (χ3n) is 5.66. The number of esters is 1. The van der Waals surface area contributed by atoms with E-state index < -0.39 is 5.97 Å². The van der Waals surface area contributed by atoms with Crippen LogP contribution >= 0.6 is 0 Å². The second-order valence-electron chi connectivity index (χ2n) is 7.81. The van der Waals surface area contributed by atoms with E-state index in [0.717, 1.165) is 22.3 Å². The highest BCUT2D eigenvalue weighted by Gasteiger charge is 2.26. The Labute approximate surface area is 185 Å². The molecule has 0 amide bonds. The molecule has 2 aromatic heterocycles. The number of anilines is 1. The fourth-order valence-electron chi connectivity index (χ4n) is 3.78. The van der Waals surface area contributed by atoms with E-state index in [1.807, 2.05) is 79.7 Å². The molecule has 32 heavy (non-hydrogen) atoms. The van der Waals surface area contributed by atoms with Crippen LogP contribution in [0.5, 0.6) is 0 Å². The first-order valence-corrected chi connectivity index (χ1v) is 10.4. The summed E-state index contributed by atoms with van der Waals surface area (Å²) in [4.78, 5) is 22.7.